The van der Waals surface area contributed by atoms with Crippen LogP contribution in [0.5, 0.6) is 0 Å². The summed E-state index contributed by atoms with van der Waals surface area (Å²) in [7, 11) is 1.73. The average Bonchev–Trinajstić information content (AvgIpc) is 2.27. The molecule has 0 aliphatic carbocycles. The van der Waals surface area contributed by atoms with Crippen molar-refractivity contribution in [1.82, 2.24) is 10.2 Å². The second-order valence-corrected chi connectivity index (χ2v) is 4.64. The number of hydrogen-bond acceptors (Lipinski definition) is 2. The van der Waals surface area contributed by atoms with Crippen LogP contribution in [0.3, 0.4) is 0 Å². The van der Waals surface area contributed by atoms with Crippen LogP contribution < -0.4 is 5.32 Å². The van der Waals surface area contributed by atoms with E-state index in [1.807, 2.05) is 32.0 Å². The van der Waals surface area contributed by atoms with Crippen LogP contribution in [0.15, 0.2) is 24.3 Å². The van der Waals surface area contributed by atoms with Gasteiger partial charge in [-0.2, -0.15) is 0 Å². The summed E-state index contributed by atoms with van der Waals surface area (Å²) in [5.74, 6) is 0. The number of rotatable bonds is 7. The van der Waals surface area contributed by atoms with Gasteiger partial charge in [0.05, 0.1) is 6.54 Å². The first-order valence-corrected chi connectivity index (χ1v) is 6.29. The van der Waals surface area contributed by atoms with E-state index in [2.05, 4.69) is 11.4 Å². The Balaban J connectivity index is 2.70. The van der Waals surface area contributed by atoms with Crippen LogP contribution in [0, 0.1) is 6.92 Å². The third-order valence-corrected chi connectivity index (χ3v) is 2.84. The molecule has 1 aromatic rings. The summed E-state index contributed by atoms with van der Waals surface area (Å²) in [5.41, 5.74) is 2.34. The SMILES string of the molecule is CCNC(CN(C)CC(F)F)c1cccc(C)c1. The minimum atomic E-state index is -2.28. The zero-order valence-electron chi connectivity index (χ0n) is 11.3. The van der Waals surface area contributed by atoms with E-state index in [0.717, 1.165) is 12.1 Å². The number of nitrogens with one attached hydrogen (secondary N) is 1. The highest BCUT2D eigenvalue weighted by Gasteiger charge is 2.15. The van der Waals surface area contributed by atoms with Crippen molar-refractivity contribution in [2.24, 2.45) is 0 Å². The van der Waals surface area contributed by atoms with E-state index in [-0.39, 0.29) is 12.6 Å². The molecular formula is C14H22F2N2. The molecule has 0 radical (unpaired) electrons. The first-order valence-electron chi connectivity index (χ1n) is 6.29. The predicted molar refractivity (Wildman–Crippen MR) is 71.1 cm³/mol. The van der Waals surface area contributed by atoms with Crippen molar-refractivity contribution in [2.75, 3.05) is 26.7 Å². The van der Waals surface area contributed by atoms with Crippen LogP contribution in [-0.4, -0.2) is 38.0 Å². The Bertz CT molecular complexity index is 355. The van der Waals surface area contributed by atoms with Gasteiger partial charge in [-0.05, 0) is 26.1 Å². The predicted octanol–water partition coefficient (Wildman–Crippen LogP) is 2.84. The molecule has 0 saturated carbocycles. The van der Waals surface area contributed by atoms with Gasteiger partial charge in [0.2, 0.25) is 0 Å². The minimum Gasteiger partial charge on any atom is -0.309 e. The normalized spacial score (nSPS) is 13.3. The number of alkyl halides is 2. The van der Waals surface area contributed by atoms with E-state index >= 15 is 0 Å². The van der Waals surface area contributed by atoms with Crippen molar-refractivity contribution in [3.63, 3.8) is 0 Å². The van der Waals surface area contributed by atoms with Gasteiger partial charge in [0.25, 0.3) is 6.43 Å². The topological polar surface area (TPSA) is 15.3 Å². The van der Waals surface area contributed by atoms with Gasteiger partial charge in [-0.25, -0.2) is 8.78 Å². The fourth-order valence-electron chi connectivity index (χ4n) is 2.04. The number of benzene rings is 1. The molecule has 0 aliphatic rings. The molecule has 0 aliphatic heterocycles. The maximum atomic E-state index is 12.3. The molecule has 102 valence electrons. The van der Waals surface area contributed by atoms with Gasteiger partial charge >= 0.3 is 0 Å². The molecule has 1 atom stereocenters. The monoisotopic (exact) mass is 256 g/mol. The fraction of sp³-hybridized carbons (Fsp3) is 0.571. The molecule has 0 bridgehead atoms. The van der Waals surface area contributed by atoms with E-state index in [4.69, 9.17) is 0 Å². The third kappa shape index (κ3) is 5.10. The molecule has 0 saturated heterocycles. The van der Waals surface area contributed by atoms with Gasteiger partial charge in [0.1, 0.15) is 0 Å². The lowest BCUT2D eigenvalue weighted by Gasteiger charge is -2.25. The second kappa shape index (κ2) is 7.44. The highest BCUT2D eigenvalue weighted by atomic mass is 19.3. The summed E-state index contributed by atoms with van der Waals surface area (Å²) >= 11 is 0. The van der Waals surface area contributed by atoms with Crippen LogP contribution in [0.25, 0.3) is 0 Å². The van der Waals surface area contributed by atoms with Gasteiger partial charge in [-0.3, -0.25) is 4.90 Å². The fourth-order valence-corrected chi connectivity index (χ4v) is 2.04. The molecule has 0 heterocycles. The lowest BCUT2D eigenvalue weighted by atomic mass is 10.0. The van der Waals surface area contributed by atoms with E-state index < -0.39 is 6.43 Å². The Labute approximate surface area is 108 Å². The van der Waals surface area contributed by atoms with Gasteiger partial charge in [-0.15, -0.1) is 0 Å². The van der Waals surface area contributed by atoms with E-state index in [0.29, 0.717) is 6.54 Å². The lowest BCUT2D eigenvalue weighted by molar-refractivity contribution is 0.0959. The molecule has 4 heteroatoms. The van der Waals surface area contributed by atoms with Gasteiger partial charge in [-0.1, -0.05) is 36.8 Å². The zero-order valence-corrected chi connectivity index (χ0v) is 11.3. The Kier molecular flexibility index (Phi) is 6.22. The van der Waals surface area contributed by atoms with E-state index in [9.17, 15) is 8.78 Å². The summed E-state index contributed by atoms with van der Waals surface area (Å²) < 4.78 is 24.7. The summed E-state index contributed by atoms with van der Waals surface area (Å²) in [4.78, 5) is 1.67. The Morgan fingerprint density at radius 1 is 1.28 bits per heavy atom. The Hall–Kier alpha value is -1.00. The minimum absolute atomic E-state index is 0.0960. The van der Waals surface area contributed by atoms with Crippen molar-refractivity contribution in [2.45, 2.75) is 26.3 Å². The van der Waals surface area contributed by atoms with Gasteiger partial charge < -0.3 is 5.32 Å². The molecule has 1 N–H and O–H groups in total. The number of aryl methyl sites for hydroxylation is 1. The number of hydrogen-bond donors (Lipinski definition) is 1. The smallest absolute Gasteiger partial charge is 0.251 e. The van der Waals surface area contributed by atoms with Crippen molar-refractivity contribution in [1.29, 1.82) is 0 Å². The highest BCUT2D eigenvalue weighted by molar-refractivity contribution is 5.25. The van der Waals surface area contributed by atoms with Crippen LogP contribution >= 0.6 is 0 Å². The summed E-state index contributed by atoms with van der Waals surface area (Å²) in [6.45, 7) is 5.28. The van der Waals surface area contributed by atoms with Crippen molar-refractivity contribution < 1.29 is 8.78 Å². The van der Waals surface area contributed by atoms with Crippen LogP contribution in [0.1, 0.15) is 24.1 Å². The molecule has 0 fully saturated rings. The molecule has 0 amide bonds. The molecule has 1 aromatic carbocycles. The van der Waals surface area contributed by atoms with Crippen LogP contribution in [-0.2, 0) is 0 Å². The number of likely N-dealkylation sites (N-methyl/N-ethyl adjacent to an activating group) is 2. The van der Waals surface area contributed by atoms with Gasteiger partial charge in [0, 0.05) is 12.6 Å². The zero-order chi connectivity index (χ0) is 13.5. The van der Waals surface area contributed by atoms with Gasteiger partial charge in [0.15, 0.2) is 0 Å². The quantitative estimate of drug-likeness (QED) is 0.807. The van der Waals surface area contributed by atoms with E-state index in [1.165, 1.54) is 5.56 Å². The molecule has 18 heavy (non-hydrogen) atoms. The first-order chi connectivity index (χ1) is 8.52. The Morgan fingerprint density at radius 2 is 2.00 bits per heavy atom. The highest BCUT2D eigenvalue weighted by Crippen LogP contribution is 2.16. The third-order valence-electron chi connectivity index (χ3n) is 2.84. The summed E-state index contributed by atoms with van der Waals surface area (Å²) in [6.07, 6.45) is -2.28. The van der Waals surface area contributed by atoms with Crippen LogP contribution in [0.4, 0.5) is 8.78 Å². The Morgan fingerprint density at radius 3 is 2.56 bits per heavy atom. The molecule has 1 rings (SSSR count). The number of nitrogens with zero attached hydrogens (tertiary/aromatic N) is 1. The summed E-state index contributed by atoms with van der Waals surface area (Å²) in [6, 6.07) is 8.27. The van der Waals surface area contributed by atoms with E-state index in [1.54, 1.807) is 11.9 Å². The van der Waals surface area contributed by atoms with Crippen molar-refractivity contribution in [3.8, 4) is 0 Å². The summed E-state index contributed by atoms with van der Waals surface area (Å²) in [5, 5.41) is 3.34. The maximum Gasteiger partial charge on any atom is 0.251 e. The first kappa shape index (κ1) is 15.1. The van der Waals surface area contributed by atoms with Crippen LogP contribution in [0.2, 0.25) is 0 Å². The standard InChI is InChI=1S/C14H22F2N2/c1-4-17-13(9-18(3)10-14(15)16)12-7-5-6-11(2)8-12/h5-8,13-14,17H,4,9-10H2,1-3H3. The van der Waals surface area contributed by atoms with Crippen molar-refractivity contribution >= 4 is 0 Å². The average molecular weight is 256 g/mol. The number of halogens is 2. The molecule has 1 unspecified atom stereocenters. The molecule has 2 nitrogen and oxygen atoms in total. The molecular weight excluding hydrogens is 234 g/mol. The van der Waals surface area contributed by atoms with Crippen molar-refractivity contribution in [3.05, 3.63) is 35.4 Å². The molecule has 0 aromatic heterocycles. The molecule has 0 spiro atoms. The largest absolute Gasteiger partial charge is 0.309 e. The lowest BCUT2D eigenvalue weighted by Crippen LogP contribution is -2.35. The second-order valence-electron chi connectivity index (χ2n) is 4.64. The maximum absolute atomic E-state index is 12.3.